The molecule has 0 aliphatic rings. The number of nitrogens with one attached hydrogen (secondary N) is 1. The third kappa shape index (κ3) is 8.01. The van der Waals surface area contributed by atoms with Crippen molar-refractivity contribution in [3.8, 4) is 0 Å². The van der Waals surface area contributed by atoms with Gasteiger partial charge in [-0.2, -0.15) is 0 Å². The predicted octanol–water partition coefficient (Wildman–Crippen LogP) is 0.953. The monoisotopic (exact) mass is 203 g/mol. The van der Waals surface area contributed by atoms with E-state index in [0.717, 1.165) is 0 Å². The number of amides is 1. The largest absolute Gasteiger partial charge is 0.377 e. The SMILES string of the molecule is CCOC(C)CNC(=O)COC(C)C. The zero-order valence-electron chi connectivity index (χ0n) is 9.50. The molecule has 4 nitrogen and oxygen atoms in total. The van der Waals surface area contributed by atoms with Crippen LogP contribution in [0.3, 0.4) is 0 Å². The van der Waals surface area contributed by atoms with Crippen LogP contribution in [0.1, 0.15) is 27.7 Å². The van der Waals surface area contributed by atoms with Gasteiger partial charge in [-0.1, -0.05) is 0 Å². The van der Waals surface area contributed by atoms with Crippen molar-refractivity contribution in [3.05, 3.63) is 0 Å². The Balaban J connectivity index is 3.43. The van der Waals surface area contributed by atoms with Crippen LogP contribution in [-0.2, 0) is 14.3 Å². The summed E-state index contributed by atoms with van der Waals surface area (Å²) in [6.07, 6.45) is 0.146. The molecule has 0 aromatic heterocycles. The van der Waals surface area contributed by atoms with E-state index in [1.54, 1.807) is 0 Å². The molecule has 1 unspecified atom stereocenters. The lowest BCUT2D eigenvalue weighted by Gasteiger charge is -2.13. The highest BCUT2D eigenvalue weighted by molar-refractivity contribution is 5.77. The number of rotatable bonds is 7. The van der Waals surface area contributed by atoms with E-state index in [2.05, 4.69) is 5.32 Å². The molecule has 14 heavy (non-hydrogen) atoms. The van der Waals surface area contributed by atoms with Gasteiger partial charge in [-0.15, -0.1) is 0 Å². The Labute approximate surface area is 86.0 Å². The van der Waals surface area contributed by atoms with Crippen molar-refractivity contribution in [1.82, 2.24) is 5.32 Å². The average Bonchev–Trinajstić information content (AvgIpc) is 2.12. The van der Waals surface area contributed by atoms with Gasteiger partial charge in [-0.05, 0) is 27.7 Å². The first kappa shape index (κ1) is 13.4. The minimum Gasteiger partial charge on any atom is -0.377 e. The molecule has 0 spiro atoms. The van der Waals surface area contributed by atoms with Gasteiger partial charge in [-0.3, -0.25) is 4.79 Å². The highest BCUT2D eigenvalue weighted by Crippen LogP contribution is 1.89. The summed E-state index contributed by atoms with van der Waals surface area (Å²) in [5, 5.41) is 2.73. The van der Waals surface area contributed by atoms with E-state index >= 15 is 0 Å². The summed E-state index contributed by atoms with van der Waals surface area (Å²) in [5.41, 5.74) is 0. The van der Waals surface area contributed by atoms with Crippen LogP contribution in [0, 0.1) is 0 Å². The quantitative estimate of drug-likeness (QED) is 0.670. The first-order valence-electron chi connectivity index (χ1n) is 5.06. The molecule has 4 heteroatoms. The lowest BCUT2D eigenvalue weighted by molar-refractivity contribution is -0.127. The molecule has 0 aromatic carbocycles. The Kier molecular flexibility index (Phi) is 7.42. The standard InChI is InChI=1S/C10H21NO3/c1-5-13-9(4)6-11-10(12)7-14-8(2)3/h8-9H,5-7H2,1-4H3,(H,11,12). The molecule has 0 aliphatic heterocycles. The molecule has 0 saturated carbocycles. The molecular formula is C10H21NO3. The molecule has 0 saturated heterocycles. The molecule has 1 amide bonds. The van der Waals surface area contributed by atoms with Crippen molar-refractivity contribution in [2.24, 2.45) is 0 Å². The number of hydrogen-bond donors (Lipinski definition) is 1. The summed E-state index contributed by atoms with van der Waals surface area (Å²) in [4.78, 5) is 11.2. The van der Waals surface area contributed by atoms with Gasteiger partial charge < -0.3 is 14.8 Å². The normalized spacial score (nSPS) is 12.9. The van der Waals surface area contributed by atoms with Crippen LogP contribution in [0.4, 0.5) is 0 Å². The molecule has 84 valence electrons. The Morgan fingerprint density at radius 1 is 1.29 bits per heavy atom. The van der Waals surface area contributed by atoms with Gasteiger partial charge >= 0.3 is 0 Å². The van der Waals surface area contributed by atoms with Crippen LogP contribution in [-0.4, -0.2) is 37.9 Å². The maximum absolute atomic E-state index is 11.2. The molecule has 0 aliphatic carbocycles. The van der Waals surface area contributed by atoms with Crippen LogP contribution in [0.15, 0.2) is 0 Å². The fourth-order valence-corrected chi connectivity index (χ4v) is 0.894. The van der Waals surface area contributed by atoms with Crippen molar-refractivity contribution in [3.63, 3.8) is 0 Å². The third-order valence-electron chi connectivity index (χ3n) is 1.59. The van der Waals surface area contributed by atoms with E-state index < -0.39 is 0 Å². The van der Waals surface area contributed by atoms with Crippen LogP contribution < -0.4 is 5.32 Å². The summed E-state index contributed by atoms with van der Waals surface area (Å²) >= 11 is 0. The summed E-state index contributed by atoms with van der Waals surface area (Å²) in [6.45, 7) is 8.98. The first-order chi connectivity index (χ1) is 6.56. The molecule has 0 rings (SSSR count). The zero-order valence-corrected chi connectivity index (χ0v) is 9.50. The predicted molar refractivity (Wildman–Crippen MR) is 55.2 cm³/mol. The summed E-state index contributed by atoms with van der Waals surface area (Å²) < 4.78 is 10.4. The molecule has 0 heterocycles. The maximum Gasteiger partial charge on any atom is 0.246 e. The highest BCUT2D eigenvalue weighted by Gasteiger charge is 2.05. The molecular weight excluding hydrogens is 182 g/mol. The smallest absolute Gasteiger partial charge is 0.246 e. The van der Waals surface area contributed by atoms with Gasteiger partial charge in [0.25, 0.3) is 0 Å². The Morgan fingerprint density at radius 2 is 1.93 bits per heavy atom. The number of carbonyl (C=O) groups excluding carboxylic acids is 1. The Bertz CT molecular complexity index is 159. The second-order valence-corrected chi connectivity index (χ2v) is 3.43. The van der Waals surface area contributed by atoms with E-state index in [9.17, 15) is 4.79 Å². The van der Waals surface area contributed by atoms with E-state index in [-0.39, 0.29) is 24.7 Å². The lowest BCUT2D eigenvalue weighted by Crippen LogP contribution is -2.35. The summed E-state index contributed by atoms with van der Waals surface area (Å²) in [7, 11) is 0. The van der Waals surface area contributed by atoms with Crippen LogP contribution in [0.2, 0.25) is 0 Å². The molecule has 0 fully saturated rings. The van der Waals surface area contributed by atoms with Gasteiger partial charge in [0.15, 0.2) is 0 Å². The van der Waals surface area contributed by atoms with E-state index in [0.29, 0.717) is 13.2 Å². The molecule has 1 N–H and O–H groups in total. The minimum atomic E-state index is -0.0924. The highest BCUT2D eigenvalue weighted by atomic mass is 16.5. The van der Waals surface area contributed by atoms with Gasteiger partial charge in [0.2, 0.25) is 5.91 Å². The van der Waals surface area contributed by atoms with Crippen LogP contribution in [0.5, 0.6) is 0 Å². The van der Waals surface area contributed by atoms with Gasteiger partial charge in [-0.25, -0.2) is 0 Å². The Hall–Kier alpha value is -0.610. The zero-order chi connectivity index (χ0) is 11.0. The van der Waals surface area contributed by atoms with Crippen molar-refractivity contribution in [1.29, 1.82) is 0 Å². The molecule has 0 aromatic rings. The summed E-state index contributed by atoms with van der Waals surface area (Å²) in [5.74, 6) is -0.0924. The van der Waals surface area contributed by atoms with E-state index in [4.69, 9.17) is 9.47 Å². The fraction of sp³-hybridized carbons (Fsp3) is 0.900. The van der Waals surface area contributed by atoms with Gasteiger partial charge in [0.1, 0.15) is 6.61 Å². The van der Waals surface area contributed by atoms with E-state index in [1.165, 1.54) is 0 Å². The van der Waals surface area contributed by atoms with Gasteiger partial charge in [0.05, 0.1) is 12.2 Å². The maximum atomic E-state index is 11.2. The molecule has 0 bridgehead atoms. The number of hydrogen-bond acceptors (Lipinski definition) is 3. The topological polar surface area (TPSA) is 47.6 Å². The van der Waals surface area contributed by atoms with Crippen molar-refractivity contribution in [2.45, 2.75) is 39.9 Å². The lowest BCUT2D eigenvalue weighted by atomic mass is 10.4. The summed E-state index contributed by atoms with van der Waals surface area (Å²) in [6, 6.07) is 0. The van der Waals surface area contributed by atoms with Crippen molar-refractivity contribution < 1.29 is 14.3 Å². The first-order valence-corrected chi connectivity index (χ1v) is 5.06. The van der Waals surface area contributed by atoms with Gasteiger partial charge in [0, 0.05) is 13.2 Å². The van der Waals surface area contributed by atoms with Crippen LogP contribution in [0.25, 0.3) is 0 Å². The molecule has 0 radical (unpaired) electrons. The van der Waals surface area contributed by atoms with E-state index in [1.807, 2.05) is 27.7 Å². The van der Waals surface area contributed by atoms with Crippen molar-refractivity contribution >= 4 is 5.91 Å². The second kappa shape index (κ2) is 7.76. The number of ether oxygens (including phenoxy) is 2. The Morgan fingerprint density at radius 3 is 2.43 bits per heavy atom. The second-order valence-electron chi connectivity index (χ2n) is 3.43. The molecule has 1 atom stereocenters. The van der Waals surface area contributed by atoms with Crippen LogP contribution >= 0.6 is 0 Å². The van der Waals surface area contributed by atoms with Crippen molar-refractivity contribution in [2.75, 3.05) is 19.8 Å². The fourth-order valence-electron chi connectivity index (χ4n) is 0.894. The minimum absolute atomic E-state index is 0.0583. The average molecular weight is 203 g/mol. The third-order valence-corrected chi connectivity index (χ3v) is 1.59. The number of carbonyl (C=O) groups is 1.